The molecule has 0 radical (unpaired) electrons. The van der Waals surface area contributed by atoms with Gasteiger partial charge in [-0.2, -0.15) is 0 Å². The number of carbonyl (C=O) groups is 1. The molecule has 0 spiro atoms. The Hall–Kier alpha value is -3.80. The molecule has 3 aromatic carbocycles. The molecule has 33 heavy (non-hydrogen) atoms. The van der Waals surface area contributed by atoms with Crippen LogP contribution in [0.4, 0.5) is 9.18 Å². The maximum atomic E-state index is 13.8. The van der Waals surface area contributed by atoms with Crippen molar-refractivity contribution in [3.05, 3.63) is 101 Å². The summed E-state index contributed by atoms with van der Waals surface area (Å²) in [6.45, 7) is 2.27. The Kier molecular flexibility index (Phi) is 5.73. The molecule has 168 valence electrons. The molecule has 1 aliphatic heterocycles. The van der Waals surface area contributed by atoms with Gasteiger partial charge in [-0.25, -0.2) is 9.18 Å². The highest BCUT2D eigenvalue weighted by molar-refractivity contribution is 5.87. The van der Waals surface area contributed by atoms with Gasteiger partial charge in [0.15, 0.2) is 0 Å². The van der Waals surface area contributed by atoms with Crippen molar-refractivity contribution < 1.29 is 13.9 Å². The van der Waals surface area contributed by atoms with E-state index in [-0.39, 0.29) is 11.8 Å². The molecule has 1 N–H and O–H groups in total. The highest BCUT2D eigenvalue weighted by Gasteiger charge is 2.26. The average molecular weight is 444 g/mol. The third-order valence-electron chi connectivity index (χ3n) is 6.28. The summed E-state index contributed by atoms with van der Waals surface area (Å²) >= 11 is 0. The zero-order valence-corrected chi connectivity index (χ0v) is 18.6. The van der Waals surface area contributed by atoms with E-state index in [4.69, 9.17) is 4.74 Å². The molecule has 2 amide bonds. The molecule has 5 nitrogen and oxygen atoms in total. The zero-order chi connectivity index (χ0) is 22.8. The number of carbonyl (C=O) groups excluding carboxylic acids is 1. The molecule has 6 heteroatoms. The number of methoxy groups -OCH3 is 1. The monoisotopic (exact) mass is 443 g/mol. The number of hydrogen-bond donors (Lipinski definition) is 1. The first-order valence-electron chi connectivity index (χ1n) is 11.1. The lowest BCUT2D eigenvalue weighted by Gasteiger charge is -2.28. The first kappa shape index (κ1) is 21.1. The Labute approximate surface area is 192 Å². The number of halogens is 1. The maximum absolute atomic E-state index is 13.8. The molecular weight excluding hydrogens is 417 g/mol. The Morgan fingerprint density at radius 3 is 2.64 bits per heavy atom. The van der Waals surface area contributed by atoms with Crippen LogP contribution in [0.1, 0.15) is 22.4 Å². The predicted molar refractivity (Wildman–Crippen MR) is 127 cm³/mol. The number of benzene rings is 3. The van der Waals surface area contributed by atoms with Crippen LogP contribution in [-0.2, 0) is 26.1 Å². The number of nitrogens with zero attached hydrogens (tertiary/aromatic N) is 2. The molecular formula is C27H26FN3O2. The molecule has 0 unspecified atom stereocenters. The van der Waals surface area contributed by atoms with Crippen LogP contribution in [0, 0.1) is 5.82 Å². The lowest BCUT2D eigenvalue weighted by atomic mass is 10.0. The summed E-state index contributed by atoms with van der Waals surface area (Å²) in [7, 11) is 1.64. The number of rotatable bonds is 5. The Morgan fingerprint density at radius 2 is 1.85 bits per heavy atom. The molecule has 0 bridgehead atoms. The molecule has 0 fully saturated rings. The normalized spacial score (nSPS) is 13.1. The molecule has 4 aromatic rings. The second-order valence-electron chi connectivity index (χ2n) is 8.34. The van der Waals surface area contributed by atoms with Gasteiger partial charge in [0, 0.05) is 54.8 Å². The predicted octanol–water partition coefficient (Wildman–Crippen LogP) is 5.11. The number of hydrogen-bond acceptors (Lipinski definition) is 2. The molecule has 0 saturated heterocycles. The van der Waals surface area contributed by atoms with Crippen LogP contribution in [0.5, 0.6) is 5.75 Å². The molecule has 5 rings (SSSR count). The Balaban J connectivity index is 1.35. The van der Waals surface area contributed by atoms with Crippen LogP contribution in [0.2, 0.25) is 0 Å². The highest BCUT2D eigenvalue weighted by Crippen LogP contribution is 2.31. The van der Waals surface area contributed by atoms with E-state index in [1.54, 1.807) is 19.2 Å². The van der Waals surface area contributed by atoms with Gasteiger partial charge in [-0.1, -0.05) is 42.5 Å². The average Bonchev–Trinajstić information content (AvgIpc) is 3.16. The largest absolute Gasteiger partial charge is 0.497 e. The van der Waals surface area contributed by atoms with Crippen molar-refractivity contribution in [2.75, 3.05) is 13.7 Å². The molecule has 0 saturated carbocycles. The standard InChI is InChI=1S/C27H26FN3O2/c1-33-22-11-9-19(10-12-22)16-29-27(32)30-14-13-26-24(18-30)23-7-2-3-8-25(23)31(26)17-20-5-4-6-21(28)15-20/h2-12,15H,13-14,16-18H2,1H3,(H,29,32). The number of fused-ring (bicyclic) bond motifs is 3. The van der Waals surface area contributed by atoms with E-state index in [0.29, 0.717) is 26.2 Å². The Morgan fingerprint density at radius 1 is 1.03 bits per heavy atom. The lowest BCUT2D eigenvalue weighted by molar-refractivity contribution is 0.191. The molecule has 1 aromatic heterocycles. The fraction of sp³-hybridized carbons (Fsp3) is 0.222. The number of ether oxygens (including phenoxy) is 1. The summed E-state index contributed by atoms with van der Waals surface area (Å²) in [5, 5.41) is 4.19. The van der Waals surface area contributed by atoms with Crippen molar-refractivity contribution in [3.8, 4) is 5.75 Å². The minimum absolute atomic E-state index is 0.0709. The van der Waals surface area contributed by atoms with Crippen molar-refractivity contribution in [1.82, 2.24) is 14.8 Å². The smallest absolute Gasteiger partial charge is 0.317 e. The van der Waals surface area contributed by atoms with Gasteiger partial charge in [-0.15, -0.1) is 0 Å². The lowest BCUT2D eigenvalue weighted by Crippen LogP contribution is -2.42. The minimum Gasteiger partial charge on any atom is -0.497 e. The van der Waals surface area contributed by atoms with Crippen LogP contribution in [0.15, 0.2) is 72.8 Å². The van der Waals surface area contributed by atoms with E-state index in [0.717, 1.165) is 34.2 Å². The quantitative estimate of drug-likeness (QED) is 0.466. The van der Waals surface area contributed by atoms with E-state index in [1.165, 1.54) is 17.3 Å². The van der Waals surface area contributed by atoms with Crippen LogP contribution in [-0.4, -0.2) is 29.2 Å². The highest BCUT2D eigenvalue weighted by atomic mass is 19.1. The van der Waals surface area contributed by atoms with Gasteiger partial charge in [-0.3, -0.25) is 0 Å². The van der Waals surface area contributed by atoms with Gasteiger partial charge in [0.05, 0.1) is 7.11 Å². The SMILES string of the molecule is COc1ccc(CNC(=O)N2CCc3c(c4ccccc4n3Cc3cccc(F)c3)C2)cc1. The van der Waals surface area contributed by atoms with Gasteiger partial charge in [0.1, 0.15) is 11.6 Å². The summed E-state index contributed by atoms with van der Waals surface area (Å²) in [5.74, 6) is 0.570. The summed E-state index contributed by atoms with van der Waals surface area (Å²) < 4.78 is 21.2. The fourth-order valence-electron chi connectivity index (χ4n) is 4.61. The first-order chi connectivity index (χ1) is 16.1. The molecule has 1 aliphatic rings. The van der Waals surface area contributed by atoms with E-state index >= 15 is 0 Å². The summed E-state index contributed by atoms with van der Waals surface area (Å²) in [4.78, 5) is 14.8. The van der Waals surface area contributed by atoms with E-state index < -0.39 is 0 Å². The zero-order valence-electron chi connectivity index (χ0n) is 18.6. The maximum Gasteiger partial charge on any atom is 0.317 e. The van der Waals surface area contributed by atoms with Crippen LogP contribution in [0.3, 0.4) is 0 Å². The van der Waals surface area contributed by atoms with E-state index in [9.17, 15) is 9.18 Å². The number of para-hydroxylation sites is 1. The second kappa shape index (κ2) is 8.98. The minimum atomic E-state index is -0.225. The second-order valence-corrected chi connectivity index (χ2v) is 8.34. The number of nitrogens with one attached hydrogen (secondary N) is 1. The van der Waals surface area contributed by atoms with Gasteiger partial charge < -0.3 is 19.5 Å². The van der Waals surface area contributed by atoms with Crippen LogP contribution in [0.25, 0.3) is 10.9 Å². The topological polar surface area (TPSA) is 46.5 Å². The Bertz CT molecular complexity index is 1300. The van der Waals surface area contributed by atoms with Gasteiger partial charge >= 0.3 is 6.03 Å². The molecule has 2 heterocycles. The molecule has 0 aliphatic carbocycles. The van der Waals surface area contributed by atoms with Crippen molar-refractivity contribution >= 4 is 16.9 Å². The third kappa shape index (κ3) is 4.29. The fourth-order valence-corrected chi connectivity index (χ4v) is 4.61. The van der Waals surface area contributed by atoms with E-state index in [1.807, 2.05) is 47.4 Å². The summed E-state index contributed by atoms with van der Waals surface area (Å²) in [5.41, 5.74) is 5.46. The molecule has 0 atom stereocenters. The summed E-state index contributed by atoms with van der Waals surface area (Å²) in [6, 6.07) is 22.6. The number of amides is 2. The van der Waals surface area contributed by atoms with E-state index in [2.05, 4.69) is 22.0 Å². The number of urea groups is 1. The number of aromatic nitrogens is 1. The first-order valence-corrected chi connectivity index (χ1v) is 11.1. The third-order valence-corrected chi connectivity index (χ3v) is 6.28. The van der Waals surface area contributed by atoms with Crippen molar-refractivity contribution in [3.63, 3.8) is 0 Å². The van der Waals surface area contributed by atoms with Crippen LogP contribution >= 0.6 is 0 Å². The van der Waals surface area contributed by atoms with Gasteiger partial charge in [-0.05, 0) is 41.5 Å². The van der Waals surface area contributed by atoms with Crippen LogP contribution < -0.4 is 10.1 Å². The van der Waals surface area contributed by atoms with Crippen molar-refractivity contribution in [2.24, 2.45) is 0 Å². The van der Waals surface area contributed by atoms with Gasteiger partial charge in [0.2, 0.25) is 0 Å². The summed E-state index contributed by atoms with van der Waals surface area (Å²) in [6.07, 6.45) is 0.759. The van der Waals surface area contributed by atoms with Crippen molar-refractivity contribution in [2.45, 2.75) is 26.1 Å². The van der Waals surface area contributed by atoms with Gasteiger partial charge in [0.25, 0.3) is 0 Å². The van der Waals surface area contributed by atoms with Crippen molar-refractivity contribution in [1.29, 1.82) is 0 Å².